The molecule has 24 heavy (non-hydrogen) atoms. The van der Waals surface area contributed by atoms with Crippen molar-refractivity contribution in [3.05, 3.63) is 0 Å². The van der Waals surface area contributed by atoms with Gasteiger partial charge in [-0.2, -0.15) is 0 Å². The molecule has 5 heteroatoms. The van der Waals surface area contributed by atoms with Crippen LogP contribution in [0.15, 0.2) is 0 Å². The van der Waals surface area contributed by atoms with E-state index in [4.69, 9.17) is 0 Å². The largest absolute Gasteiger partial charge is 0.392 e. The van der Waals surface area contributed by atoms with Crippen molar-refractivity contribution in [1.29, 1.82) is 0 Å². The van der Waals surface area contributed by atoms with E-state index in [9.17, 15) is 14.7 Å². The number of nitrogens with zero attached hydrogens (tertiary/aromatic N) is 1. The van der Waals surface area contributed by atoms with Crippen LogP contribution >= 0.6 is 0 Å². The summed E-state index contributed by atoms with van der Waals surface area (Å²) in [6.07, 6.45) is 0.964. The molecule has 0 radical (unpaired) electrons. The van der Waals surface area contributed by atoms with Crippen molar-refractivity contribution in [1.82, 2.24) is 10.2 Å². The third-order valence-corrected chi connectivity index (χ3v) is 4.94. The van der Waals surface area contributed by atoms with E-state index < -0.39 is 6.10 Å². The molecule has 5 nitrogen and oxygen atoms in total. The van der Waals surface area contributed by atoms with Gasteiger partial charge in [0, 0.05) is 36.4 Å². The fraction of sp³-hybridized carbons (Fsp3) is 0.895. The van der Waals surface area contributed by atoms with Gasteiger partial charge in [-0.25, -0.2) is 0 Å². The van der Waals surface area contributed by atoms with E-state index in [0.717, 1.165) is 0 Å². The zero-order valence-electron chi connectivity index (χ0n) is 16.5. The second-order valence-corrected chi connectivity index (χ2v) is 9.21. The molecule has 140 valence electrons. The molecule has 1 aliphatic heterocycles. The van der Waals surface area contributed by atoms with Crippen molar-refractivity contribution in [3.8, 4) is 0 Å². The Morgan fingerprint density at radius 1 is 1.12 bits per heavy atom. The number of aliphatic hydroxyl groups excluding tert-OH is 1. The van der Waals surface area contributed by atoms with Gasteiger partial charge in [0.15, 0.2) is 0 Å². The molecule has 1 fully saturated rings. The topological polar surface area (TPSA) is 69.6 Å². The molecule has 1 aliphatic rings. The molecule has 1 saturated heterocycles. The van der Waals surface area contributed by atoms with E-state index in [1.165, 1.54) is 0 Å². The van der Waals surface area contributed by atoms with E-state index in [0.29, 0.717) is 32.5 Å². The van der Waals surface area contributed by atoms with Crippen LogP contribution in [0.2, 0.25) is 0 Å². The van der Waals surface area contributed by atoms with Gasteiger partial charge in [0.25, 0.3) is 0 Å². The maximum atomic E-state index is 12.4. The number of likely N-dealkylation sites (tertiary alicyclic amines) is 1. The molecule has 0 aromatic rings. The molecule has 2 N–H and O–H groups in total. The molecule has 0 aromatic heterocycles. The smallest absolute Gasteiger partial charge is 0.227 e. The predicted molar refractivity (Wildman–Crippen MR) is 96.4 cm³/mol. The third-order valence-electron chi connectivity index (χ3n) is 4.94. The lowest BCUT2D eigenvalue weighted by Crippen LogP contribution is -2.49. The zero-order chi connectivity index (χ0) is 18.7. The number of hydrogen-bond acceptors (Lipinski definition) is 3. The molecule has 0 bridgehead atoms. The highest BCUT2D eigenvalue weighted by Crippen LogP contribution is 2.26. The average molecular weight is 341 g/mol. The maximum absolute atomic E-state index is 12.4. The second-order valence-electron chi connectivity index (χ2n) is 9.21. The van der Waals surface area contributed by atoms with Crippen LogP contribution in [-0.4, -0.2) is 47.6 Å². The highest BCUT2D eigenvalue weighted by atomic mass is 16.3. The number of nitrogens with one attached hydrogen (secondary N) is 1. The highest BCUT2D eigenvalue weighted by Gasteiger charge is 2.34. The normalized spacial score (nSPS) is 18.6. The third kappa shape index (κ3) is 5.47. The van der Waals surface area contributed by atoms with Gasteiger partial charge in [-0.1, -0.05) is 48.5 Å². The van der Waals surface area contributed by atoms with E-state index >= 15 is 0 Å². The number of aliphatic hydroxyl groups is 1. The standard InChI is InChI=1S/C19H36N2O3/c1-13(2)15(22)19(6,7)12-20-16(23)14-8-10-21(11-9-14)17(24)18(3,4)5/h13-15,22H,8-12H2,1-7H3,(H,20,23). The van der Waals surface area contributed by atoms with Crippen LogP contribution in [0.1, 0.15) is 61.3 Å². The minimum Gasteiger partial charge on any atom is -0.392 e. The molecule has 0 aromatic carbocycles. The van der Waals surface area contributed by atoms with Gasteiger partial charge in [0.05, 0.1) is 6.10 Å². The Morgan fingerprint density at radius 3 is 2.04 bits per heavy atom. The number of carbonyl (C=O) groups is 2. The lowest BCUT2D eigenvalue weighted by Gasteiger charge is -2.36. The Kier molecular flexibility index (Phi) is 6.85. The van der Waals surface area contributed by atoms with Crippen LogP contribution in [-0.2, 0) is 9.59 Å². The van der Waals surface area contributed by atoms with Crippen molar-refractivity contribution >= 4 is 11.8 Å². The monoisotopic (exact) mass is 340 g/mol. The summed E-state index contributed by atoms with van der Waals surface area (Å²) in [6, 6.07) is 0. The first-order chi connectivity index (χ1) is 10.9. The summed E-state index contributed by atoms with van der Waals surface area (Å²) in [5, 5.41) is 13.3. The Hall–Kier alpha value is -1.10. The lowest BCUT2D eigenvalue weighted by molar-refractivity contribution is -0.142. The maximum Gasteiger partial charge on any atom is 0.227 e. The van der Waals surface area contributed by atoms with E-state index in [2.05, 4.69) is 5.32 Å². The van der Waals surface area contributed by atoms with Gasteiger partial charge in [0.1, 0.15) is 0 Å². The van der Waals surface area contributed by atoms with Gasteiger partial charge < -0.3 is 15.3 Å². The van der Waals surface area contributed by atoms with Gasteiger partial charge >= 0.3 is 0 Å². The summed E-state index contributed by atoms with van der Waals surface area (Å²) >= 11 is 0. The first-order valence-electron chi connectivity index (χ1n) is 9.11. The van der Waals surface area contributed by atoms with Crippen LogP contribution in [0.3, 0.4) is 0 Å². The quantitative estimate of drug-likeness (QED) is 0.807. The average Bonchev–Trinajstić information content (AvgIpc) is 2.50. The van der Waals surface area contributed by atoms with Crippen LogP contribution in [0, 0.1) is 22.7 Å². The molecular formula is C19H36N2O3. The summed E-state index contributed by atoms with van der Waals surface area (Å²) in [4.78, 5) is 26.6. The van der Waals surface area contributed by atoms with Crippen LogP contribution < -0.4 is 5.32 Å². The van der Waals surface area contributed by atoms with E-state index in [1.807, 2.05) is 53.4 Å². The fourth-order valence-corrected chi connectivity index (χ4v) is 3.29. The molecular weight excluding hydrogens is 304 g/mol. The van der Waals surface area contributed by atoms with Crippen LogP contribution in [0.25, 0.3) is 0 Å². The predicted octanol–water partition coefficient (Wildman–Crippen LogP) is 2.43. The molecule has 0 spiro atoms. The molecule has 1 heterocycles. The van der Waals surface area contributed by atoms with Crippen LogP contribution in [0.4, 0.5) is 0 Å². The number of piperidine rings is 1. The summed E-state index contributed by atoms with van der Waals surface area (Å²) in [7, 11) is 0. The van der Waals surface area contributed by atoms with Gasteiger partial charge in [-0.15, -0.1) is 0 Å². The summed E-state index contributed by atoms with van der Waals surface area (Å²) in [5.41, 5.74) is -0.723. The highest BCUT2D eigenvalue weighted by molar-refractivity contribution is 5.82. The number of carbonyl (C=O) groups excluding carboxylic acids is 2. The molecule has 0 aliphatic carbocycles. The van der Waals surface area contributed by atoms with Gasteiger partial charge in [-0.05, 0) is 18.8 Å². The Bertz CT molecular complexity index is 444. The Balaban J connectivity index is 2.48. The first-order valence-corrected chi connectivity index (χ1v) is 9.11. The van der Waals surface area contributed by atoms with Crippen molar-refractivity contribution in [2.75, 3.05) is 19.6 Å². The molecule has 0 saturated carbocycles. The minimum absolute atomic E-state index is 0.0407. The van der Waals surface area contributed by atoms with Gasteiger partial charge in [-0.3, -0.25) is 9.59 Å². The van der Waals surface area contributed by atoms with Crippen molar-refractivity contribution in [2.24, 2.45) is 22.7 Å². The molecule has 2 amide bonds. The zero-order valence-corrected chi connectivity index (χ0v) is 16.5. The van der Waals surface area contributed by atoms with Gasteiger partial charge in [0.2, 0.25) is 11.8 Å². The Morgan fingerprint density at radius 2 is 1.62 bits per heavy atom. The summed E-state index contributed by atoms with van der Waals surface area (Å²) in [5.74, 6) is 0.314. The van der Waals surface area contributed by atoms with Crippen molar-refractivity contribution in [2.45, 2.75) is 67.4 Å². The van der Waals surface area contributed by atoms with E-state index in [1.54, 1.807) is 0 Å². The second kappa shape index (κ2) is 7.85. The summed E-state index contributed by atoms with van der Waals surface area (Å²) < 4.78 is 0. The molecule has 1 rings (SSSR count). The number of rotatable bonds is 5. The van der Waals surface area contributed by atoms with Crippen LogP contribution in [0.5, 0.6) is 0 Å². The summed E-state index contributed by atoms with van der Waals surface area (Å²) in [6.45, 7) is 15.4. The first kappa shape index (κ1) is 20.9. The molecule has 1 atom stereocenters. The fourth-order valence-electron chi connectivity index (χ4n) is 3.29. The lowest BCUT2D eigenvalue weighted by atomic mass is 9.80. The SMILES string of the molecule is CC(C)C(O)C(C)(C)CNC(=O)C1CCN(C(=O)C(C)(C)C)CC1. The Labute approximate surface area is 147 Å². The number of amides is 2. The van der Waals surface area contributed by atoms with E-state index in [-0.39, 0.29) is 34.5 Å². The number of hydrogen-bond donors (Lipinski definition) is 2. The minimum atomic E-state index is -0.455. The molecule has 1 unspecified atom stereocenters. The van der Waals surface area contributed by atoms with Crippen molar-refractivity contribution < 1.29 is 14.7 Å². The van der Waals surface area contributed by atoms with Crippen molar-refractivity contribution in [3.63, 3.8) is 0 Å².